The van der Waals surface area contributed by atoms with E-state index in [1.54, 1.807) is 48.5 Å². The molecule has 2 rings (SSSR count). The SMILES string of the molecule is CCC(C(=O)O)c1cccc(O[B]Oc2cccc(C(CC)C(=O)O)c2)c1. The van der Waals surface area contributed by atoms with Crippen molar-refractivity contribution in [3.63, 3.8) is 0 Å². The van der Waals surface area contributed by atoms with Crippen LogP contribution in [-0.2, 0) is 9.59 Å². The molecule has 0 aliphatic rings. The van der Waals surface area contributed by atoms with E-state index in [9.17, 15) is 19.8 Å². The summed E-state index contributed by atoms with van der Waals surface area (Å²) in [4.78, 5) is 22.6. The molecular weight excluding hydrogens is 347 g/mol. The molecule has 0 spiro atoms. The van der Waals surface area contributed by atoms with E-state index in [1.807, 2.05) is 13.8 Å². The third-order valence-electron chi connectivity index (χ3n) is 4.30. The van der Waals surface area contributed by atoms with Crippen LogP contribution in [0.5, 0.6) is 11.5 Å². The van der Waals surface area contributed by atoms with E-state index in [2.05, 4.69) is 0 Å². The quantitative estimate of drug-likeness (QED) is 0.618. The summed E-state index contributed by atoms with van der Waals surface area (Å²) in [5.41, 5.74) is 1.32. The van der Waals surface area contributed by atoms with Crippen molar-refractivity contribution in [1.82, 2.24) is 0 Å². The number of carbonyl (C=O) groups is 2. The fourth-order valence-corrected chi connectivity index (χ4v) is 2.85. The number of benzene rings is 2. The van der Waals surface area contributed by atoms with Gasteiger partial charge in [0.05, 0.1) is 11.8 Å². The van der Waals surface area contributed by atoms with E-state index < -0.39 is 23.8 Å². The molecule has 6 nitrogen and oxygen atoms in total. The van der Waals surface area contributed by atoms with Crippen molar-refractivity contribution in [3.05, 3.63) is 59.7 Å². The Balaban J connectivity index is 2.01. The number of carboxylic acids is 2. The molecule has 2 atom stereocenters. The summed E-state index contributed by atoms with van der Waals surface area (Å²) in [6, 6.07) is 13.7. The van der Waals surface area contributed by atoms with Crippen LogP contribution < -0.4 is 9.31 Å². The molecule has 0 aliphatic heterocycles. The van der Waals surface area contributed by atoms with Crippen molar-refractivity contribution in [1.29, 1.82) is 0 Å². The van der Waals surface area contributed by atoms with Crippen LogP contribution in [0.4, 0.5) is 0 Å². The number of hydrogen-bond acceptors (Lipinski definition) is 4. The van der Waals surface area contributed by atoms with Crippen molar-refractivity contribution in [2.24, 2.45) is 0 Å². The van der Waals surface area contributed by atoms with Crippen LogP contribution in [0.3, 0.4) is 0 Å². The lowest BCUT2D eigenvalue weighted by molar-refractivity contribution is -0.139. The smallest absolute Gasteiger partial charge is 0.526 e. The van der Waals surface area contributed by atoms with E-state index in [0.29, 0.717) is 35.5 Å². The molecule has 0 bridgehead atoms. The van der Waals surface area contributed by atoms with Crippen molar-refractivity contribution < 1.29 is 29.1 Å². The standard InChI is InChI=1S/C20H22BO6/c1-3-17(19(22)23)13-7-5-9-15(11-13)26-21-27-16-10-6-8-14(12-16)18(4-2)20(24)25/h5-12,17-18H,3-4H2,1-2H3,(H,22,23)(H,24,25). The van der Waals surface area contributed by atoms with Crippen molar-refractivity contribution in [3.8, 4) is 11.5 Å². The average molecular weight is 369 g/mol. The summed E-state index contributed by atoms with van der Waals surface area (Å²) in [5, 5.41) is 18.5. The molecule has 1 radical (unpaired) electrons. The highest BCUT2D eigenvalue weighted by Crippen LogP contribution is 2.25. The van der Waals surface area contributed by atoms with E-state index in [0.717, 1.165) is 7.69 Å². The molecule has 2 aromatic rings. The maximum atomic E-state index is 11.3. The lowest BCUT2D eigenvalue weighted by atomic mass is 9.96. The summed E-state index contributed by atoms with van der Waals surface area (Å²) in [5.74, 6) is -2.02. The van der Waals surface area contributed by atoms with Crippen molar-refractivity contribution >= 4 is 19.6 Å². The zero-order valence-electron chi connectivity index (χ0n) is 15.3. The van der Waals surface area contributed by atoms with Gasteiger partial charge in [0.1, 0.15) is 11.5 Å². The van der Waals surface area contributed by atoms with Crippen LogP contribution in [0, 0.1) is 0 Å². The Labute approximate surface area is 159 Å². The lowest BCUT2D eigenvalue weighted by Gasteiger charge is -2.13. The van der Waals surface area contributed by atoms with Gasteiger partial charge in [-0.2, -0.15) is 0 Å². The van der Waals surface area contributed by atoms with Gasteiger partial charge in [-0.25, -0.2) is 0 Å². The van der Waals surface area contributed by atoms with Crippen molar-refractivity contribution in [2.45, 2.75) is 38.5 Å². The second-order valence-electron chi connectivity index (χ2n) is 6.08. The molecule has 0 fully saturated rings. The van der Waals surface area contributed by atoms with Gasteiger partial charge < -0.3 is 19.5 Å². The Bertz CT molecular complexity index is 726. The molecule has 2 N–H and O–H groups in total. The van der Waals surface area contributed by atoms with E-state index in [4.69, 9.17) is 9.31 Å². The van der Waals surface area contributed by atoms with Crippen LogP contribution in [0.15, 0.2) is 48.5 Å². The molecule has 27 heavy (non-hydrogen) atoms. The molecule has 0 aliphatic carbocycles. The maximum Gasteiger partial charge on any atom is 0.658 e. The molecule has 0 saturated heterocycles. The third-order valence-corrected chi connectivity index (χ3v) is 4.30. The van der Waals surface area contributed by atoms with Crippen molar-refractivity contribution in [2.75, 3.05) is 0 Å². The second-order valence-corrected chi connectivity index (χ2v) is 6.08. The molecule has 0 heterocycles. The highest BCUT2D eigenvalue weighted by Gasteiger charge is 2.19. The van der Waals surface area contributed by atoms with Gasteiger partial charge in [0, 0.05) is 0 Å². The number of rotatable bonds is 10. The lowest BCUT2D eigenvalue weighted by Crippen LogP contribution is -2.14. The number of hydrogen-bond donors (Lipinski definition) is 2. The first-order valence-corrected chi connectivity index (χ1v) is 8.76. The summed E-state index contributed by atoms with van der Waals surface area (Å²) in [7, 11) is 1.14. The first-order chi connectivity index (χ1) is 13.0. The summed E-state index contributed by atoms with van der Waals surface area (Å²) >= 11 is 0. The predicted octanol–water partition coefficient (Wildman–Crippen LogP) is 3.84. The molecular formula is C20H22BO6. The van der Waals surface area contributed by atoms with Gasteiger partial charge in [0.2, 0.25) is 0 Å². The monoisotopic (exact) mass is 369 g/mol. The summed E-state index contributed by atoms with van der Waals surface area (Å²) in [6.07, 6.45) is 0.960. The van der Waals surface area contributed by atoms with E-state index in [-0.39, 0.29) is 0 Å². The molecule has 0 saturated carbocycles. The number of carboxylic acid groups (broad SMARTS) is 2. The summed E-state index contributed by atoms with van der Waals surface area (Å²) < 4.78 is 10.9. The van der Waals surface area contributed by atoms with E-state index in [1.165, 1.54) is 0 Å². The summed E-state index contributed by atoms with van der Waals surface area (Å²) in [6.45, 7) is 3.63. The zero-order valence-corrected chi connectivity index (χ0v) is 15.3. The minimum absolute atomic E-state index is 0.459. The predicted molar refractivity (Wildman–Crippen MR) is 101 cm³/mol. The Hall–Kier alpha value is -2.96. The molecule has 0 amide bonds. The molecule has 141 valence electrons. The molecule has 0 aromatic heterocycles. The van der Waals surface area contributed by atoms with Gasteiger partial charge in [0.25, 0.3) is 0 Å². The largest absolute Gasteiger partial charge is 0.658 e. The fraction of sp³-hybridized carbons (Fsp3) is 0.300. The molecule has 7 heteroatoms. The molecule has 2 aromatic carbocycles. The third kappa shape index (κ3) is 5.51. The normalized spacial score (nSPS) is 12.7. The first-order valence-electron chi connectivity index (χ1n) is 8.76. The van der Waals surface area contributed by atoms with E-state index >= 15 is 0 Å². The maximum absolute atomic E-state index is 11.3. The Morgan fingerprint density at radius 3 is 1.59 bits per heavy atom. The Kier molecular flexibility index (Phi) is 7.29. The minimum Gasteiger partial charge on any atom is -0.526 e. The van der Waals surface area contributed by atoms with Gasteiger partial charge in [-0.05, 0) is 48.2 Å². The minimum atomic E-state index is -0.879. The van der Waals surface area contributed by atoms with Crippen LogP contribution >= 0.6 is 0 Å². The number of aliphatic carboxylic acids is 2. The van der Waals surface area contributed by atoms with Crippen LogP contribution in [0.1, 0.15) is 49.7 Å². The van der Waals surface area contributed by atoms with Gasteiger partial charge in [-0.1, -0.05) is 38.1 Å². The zero-order chi connectivity index (χ0) is 19.8. The average Bonchev–Trinajstić information content (AvgIpc) is 2.63. The fourth-order valence-electron chi connectivity index (χ4n) is 2.85. The van der Waals surface area contributed by atoms with Crippen LogP contribution in [-0.4, -0.2) is 29.8 Å². The first kappa shape index (κ1) is 20.4. The van der Waals surface area contributed by atoms with Crippen LogP contribution in [0.25, 0.3) is 0 Å². The highest BCUT2D eigenvalue weighted by atomic mass is 16.6. The highest BCUT2D eigenvalue weighted by molar-refractivity contribution is 6.20. The molecule has 2 unspecified atom stereocenters. The van der Waals surface area contributed by atoms with Crippen LogP contribution in [0.2, 0.25) is 0 Å². The van der Waals surface area contributed by atoms with Gasteiger partial charge in [0.15, 0.2) is 0 Å². The van der Waals surface area contributed by atoms with Gasteiger partial charge >= 0.3 is 19.6 Å². The van der Waals surface area contributed by atoms with Gasteiger partial charge in [-0.15, -0.1) is 0 Å². The topological polar surface area (TPSA) is 93.1 Å². The Morgan fingerprint density at radius 2 is 1.26 bits per heavy atom. The van der Waals surface area contributed by atoms with Gasteiger partial charge in [-0.3, -0.25) is 9.59 Å². The second kappa shape index (κ2) is 9.66. The Morgan fingerprint density at radius 1 is 0.852 bits per heavy atom.